The molecule has 0 rings (SSSR count). The lowest BCUT2D eigenvalue weighted by atomic mass is 10.2. The maximum atomic E-state index is 9.37. The first kappa shape index (κ1) is 15.7. The van der Waals surface area contributed by atoms with Crippen LogP contribution in [0.5, 0.6) is 0 Å². The average molecular weight is 239 g/mol. The normalized spacial score (nSPS) is 19.1. The van der Waals surface area contributed by atoms with Crippen LogP contribution in [0.15, 0.2) is 0 Å². The van der Waals surface area contributed by atoms with E-state index in [1.165, 1.54) is 6.92 Å². The average Bonchev–Trinajstić information content (AvgIpc) is 2.28. The standard InChI is InChI=1S/C9H21NO6/c1-6(13)8(5-12)16-9(7(14)4-11)15-3-2-10/h6-9,11-14H,2-5,10H2,1H3. The lowest BCUT2D eigenvalue weighted by Gasteiger charge is -2.27. The van der Waals surface area contributed by atoms with Gasteiger partial charge in [-0.3, -0.25) is 0 Å². The topological polar surface area (TPSA) is 125 Å². The monoisotopic (exact) mass is 239 g/mol. The third-order valence-electron chi connectivity index (χ3n) is 1.93. The first-order valence-electron chi connectivity index (χ1n) is 5.11. The Morgan fingerprint density at radius 2 is 1.81 bits per heavy atom. The van der Waals surface area contributed by atoms with Crippen molar-refractivity contribution in [3.8, 4) is 0 Å². The van der Waals surface area contributed by atoms with Crippen LogP contribution >= 0.6 is 0 Å². The number of hydrogen-bond donors (Lipinski definition) is 5. The van der Waals surface area contributed by atoms with Gasteiger partial charge in [0.15, 0.2) is 6.29 Å². The number of nitrogens with two attached hydrogens (primary N) is 1. The zero-order valence-corrected chi connectivity index (χ0v) is 9.32. The quantitative estimate of drug-likeness (QED) is 0.279. The molecule has 0 spiro atoms. The van der Waals surface area contributed by atoms with Gasteiger partial charge in [-0.2, -0.15) is 0 Å². The molecular formula is C9H21NO6. The zero-order chi connectivity index (χ0) is 12.6. The maximum Gasteiger partial charge on any atom is 0.186 e. The molecule has 98 valence electrons. The van der Waals surface area contributed by atoms with Crippen molar-refractivity contribution in [1.29, 1.82) is 0 Å². The summed E-state index contributed by atoms with van der Waals surface area (Å²) < 4.78 is 10.2. The number of ether oxygens (including phenoxy) is 2. The molecule has 7 heteroatoms. The van der Waals surface area contributed by atoms with Crippen molar-refractivity contribution >= 4 is 0 Å². The van der Waals surface area contributed by atoms with Crippen LogP contribution in [0.25, 0.3) is 0 Å². The van der Waals surface area contributed by atoms with Crippen LogP contribution in [0.4, 0.5) is 0 Å². The highest BCUT2D eigenvalue weighted by atomic mass is 16.7. The summed E-state index contributed by atoms with van der Waals surface area (Å²) in [6, 6.07) is 0. The van der Waals surface area contributed by atoms with E-state index >= 15 is 0 Å². The SMILES string of the molecule is CC(O)C(CO)OC(OCCN)C(O)CO. The highest BCUT2D eigenvalue weighted by molar-refractivity contribution is 4.67. The summed E-state index contributed by atoms with van der Waals surface area (Å²) in [6.45, 7) is 0.841. The summed E-state index contributed by atoms with van der Waals surface area (Å²) in [6.07, 6.45) is -4.18. The van der Waals surface area contributed by atoms with Gasteiger partial charge < -0.3 is 35.6 Å². The minimum Gasteiger partial charge on any atom is -0.394 e. The molecule has 4 unspecified atom stereocenters. The van der Waals surface area contributed by atoms with E-state index in [-0.39, 0.29) is 13.2 Å². The highest BCUT2D eigenvalue weighted by Gasteiger charge is 2.26. The summed E-state index contributed by atoms with van der Waals surface area (Å²) in [7, 11) is 0. The van der Waals surface area contributed by atoms with Gasteiger partial charge >= 0.3 is 0 Å². The van der Waals surface area contributed by atoms with E-state index < -0.39 is 37.8 Å². The van der Waals surface area contributed by atoms with Gasteiger partial charge in [0, 0.05) is 6.54 Å². The molecule has 0 radical (unpaired) electrons. The Morgan fingerprint density at radius 3 is 2.19 bits per heavy atom. The van der Waals surface area contributed by atoms with Crippen molar-refractivity contribution in [3.05, 3.63) is 0 Å². The number of hydrogen-bond acceptors (Lipinski definition) is 7. The fraction of sp³-hybridized carbons (Fsp3) is 1.00. The molecule has 0 saturated carbocycles. The van der Waals surface area contributed by atoms with Crippen molar-refractivity contribution in [2.24, 2.45) is 5.73 Å². The fourth-order valence-corrected chi connectivity index (χ4v) is 0.993. The third kappa shape index (κ3) is 5.71. The van der Waals surface area contributed by atoms with Gasteiger partial charge in [0.25, 0.3) is 0 Å². The Labute approximate surface area is 94.4 Å². The van der Waals surface area contributed by atoms with E-state index in [0.29, 0.717) is 0 Å². The largest absolute Gasteiger partial charge is 0.394 e. The van der Waals surface area contributed by atoms with E-state index in [4.69, 9.17) is 25.4 Å². The molecule has 0 aliphatic rings. The van der Waals surface area contributed by atoms with Crippen molar-refractivity contribution in [1.82, 2.24) is 0 Å². The minimum atomic E-state index is -1.25. The number of aliphatic hydroxyl groups excluding tert-OH is 4. The van der Waals surface area contributed by atoms with Crippen LogP contribution in [0.3, 0.4) is 0 Å². The molecule has 7 nitrogen and oxygen atoms in total. The van der Waals surface area contributed by atoms with E-state index in [1.54, 1.807) is 0 Å². The fourth-order valence-electron chi connectivity index (χ4n) is 0.993. The van der Waals surface area contributed by atoms with Gasteiger partial charge in [-0.05, 0) is 6.92 Å². The van der Waals surface area contributed by atoms with E-state index in [1.807, 2.05) is 0 Å². The molecule has 0 aromatic carbocycles. The third-order valence-corrected chi connectivity index (χ3v) is 1.93. The van der Waals surface area contributed by atoms with Gasteiger partial charge in [0.1, 0.15) is 12.2 Å². The molecule has 6 N–H and O–H groups in total. The van der Waals surface area contributed by atoms with Crippen LogP contribution < -0.4 is 5.73 Å². The molecular weight excluding hydrogens is 218 g/mol. The smallest absolute Gasteiger partial charge is 0.186 e. The number of rotatable bonds is 9. The summed E-state index contributed by atoms with van der Waals surface area (Å²) in [5, 5.41) is 36.3. The molecule has 0 aromatic heterocycles. The van der Waals surface area contributed by atoms with Crippen molar-refractivity contribution in [2.75, 3.05) is 26.4 Å². The van der Waals surface area contributed by atoms with Crippen LogP contribution in [-0.2, 0) is 9.47 Å². The highest BCUT2D eigenvalue weighted by Crippen LogP contribution is 2.08. The minimum absolute atomic E-state index is 0.139. The molecule has 0 aliphatic heterocycles. The Morgan fingerprint density at radius 1 is 1.19 bits per heavy atom. The van der Waals surface area contributed by atoms with E-state index in [9.17, 15) is 10.2 Å². The van der Waals surface area contributed by atoms with Crippen LogP contribution in [0, 0.1) is 0 Å². The lowest BCUT2D eigenvalue weighted by Crippen LogP contribution is -2.42. The Balaban J connectivity index is 4.27. The summed E-state index contributed by atoms with van der Waals surface area (Å²) in [5.74, 6) is 0. The predicted molar refractivity (Wildman–Crippen MR) is 55.5 cm³/mol. The van der Waals surface area contributed by atoms with E-state index in [2.05, 4.69) is 0 Å². The molecule has 0 fully saturated rings. The molecule has 0 saturated heterocycles. The number of aliphatic hydroxyl groups is 4. The second-order valence-corrected chi connectivity index (χ2v) is 3.38. The zero-order valence-electron chi connectivity index (χ0n) is 9.32. The summed E-state index contributed by atoms with van der Waals surface area (Å²) >= 11 is 0. The van der Waals surface area contributed by atoms with Gasteiger partial charge in [-0.15, -0.1) is 0 Å². The second-order valence-electron chi connectivity index (χ2n) is 3.38. The van der Waals surface area contributed by atoms with Crippen molar-refractivity contribution < 1.29 is 29.9 Å². The summed E-state index contributed by atoms with van der Waals surface area (Å²) in [5.41, 5.74) is 5.22. The maximum absolute atomic E-state index is 9.37. The van der Waals surface area contributed by atoms with Crippen molar-refractivity contribution in [3.63, 3.8) is 0 Å². The van der Waals surface area contributed by atoms with Gasteiger partial charge in [0.2, 0.25) is 0 Å². The second kappa shape index (κ2) is 8.82. The molecule has 16 heavy (non-hydrogen) atoms. The Kier molecular flexibility index (Phi) is 8.67. The Bertz CT molecular complexity index is 168. The molecule has 0 heterocycles. The van der Waals surface area contributed by atoms with Crippen LogP contribution in [-0.4, -0.2) is 71.4 Å². The van der Waals surface area contributed by atoms with Crippen molar-refractivity contribution in [2.45, 2.75) is 31.5 Å². The van der Waals surface area contributed by atoms with Gasteiger partial charge in [0.05, 0.1) is 25.9 Å². The molecule has 0 amide bonds. The predicted octanol–water partition coefficient (Wildman–Crippen LogP) is -2.60. The lowest BCUT2D eigenvalue weighted by molar-refractivity contribution is -0.239. The molecule has 0 aromatic rings. The first-order valence-corrected chi connectivity index (χ1v) is 5.11. The van der Waals surface area contributed by atoms with Gasteiger partial charge in [-0.1, -0.05) is 0 Å². The van der Waals surface area contributed by atoms with Crippen LogP contribution in [0.1, 0.15) is 6.92 Å². The molecule has 4 atom stereocenters. The molecule has 0 bridgehead atoms. The Hall–Kier alpha value is -0.280. The van der Waals surface area contributed by atoms with Crippen LogP contribution in [0.2, 0.25) is 0 Å². The molecule has 0 aliphatic carbocycles. The first-order chi connectivity index (χ1) is 7.56. The van der Waals surface area contributed by atoms with E-state index in [0.717, 1.165) is 0 Å². The van der Waals surface area contributed by atoms with Gasteiger partial charge in [-0.25, -0.2) is 0 Å². The summed E-state index contributed by atoms with van der Waals surface area (Å²) in [4.78, 5) is 0.